The van der Waals surface area contributed by atoms with Crippen LogP contribution in [0.4, 0.5) is 4.79 Å². The van der Waals surface area contributed by atoms with E-state index in [2.05, 4.69) is 88.5 Å². The summed E-state index contributed by atoms with van der Waals surface area (Å²) < 4.78 is 7.17. The highest BCUT2D eigenvalue weighted by Crippen LogP contribution is 2.37. The van der Waals surface area contributed by atoms with Crippen molar-refractivity contribution in [2.24, 2.45) is 0 Å². The molecular weight excluding hydrogens is 404 g/mol. The lowest BCUT2D eigenvalue weighted by Gasteiger charge is -2.45. The second-order valence-corrected chi connectivity index (χ2v) is 13.7. The van der Waals surface area contributed by atoms with Crippen molar-refractivity contribution in [3.8, 4) is 0 Å². The number of benzene rings is 2. The van der Waals surface area contributed by atoms with Gasteiger partial charge in [0.2, 0.25) is 0 Å². The average Bonchev–Trinajstić information content (AvgIpc) is 2.71. The molecule has 0 radical (unpaired) electrons. The molecule has 0 aliphatic heterocycles. The van der Waals surface area contributed by atoms with Crippen LogP contribution in [0.2, 0.25) is 5.04 Å². The van der Waals surface area contributed by atoms with Crippen molar-refractivity contribution >= 4 is 24.8 Å². The molecule has 0 bridgehead atoms. The molecule has 1 atom stereocenters. The summed E-state index contributed by atoms with van der Waals surface area (Å²) >= 11 is 0. The van der Waals surface area contributed by atoms with E-state index in [-0.39, 0.29) is 11.1 Å². The number of amides is 1. The van der Waals surface area contributed by atoms with Crippen molar-refractivity contribution in [1.29, 1.82) is 0 Å². The standard InChI is InChI=1S/C25H38N2O3Si/c1-20(2)26-18-17-21(19-27(6)24(28)29)30-31(25(3,4)5,22-13-9-7-10-14-22)23-15-11-8-12-16-23/h7-16,20-21,26H,17-19H2,1-6H3,(H,28,29)/t21-/m0/s1. The van der Waals surface area contributed by atoms with Gasteiger partial charge in [0.1, 0.15) is 0 Å². The number of nitrogens with one attached hydrogen (secondary N) is 1. The summed E-state index contributed by atoms with van der Waals surface area (Å²) in [6.45, 7) is 12.0. The van der Waals surface area contributed by atoms with E-state index < -0.39 is 14.4 Å². The fourth-order valence-electron chi connectivity index (χ4n) is 4.05. The van der Waals surface area contributed by atoms with Gasteiger partial charge < -0.3 is 19.7 Å². The zero-order valence-corrected chi connectivity index (χ0v) is 20.8. The Morgan fingerprint density at radius 1 is 1.03 bits per heavy atom. The second kappa shape index (κ2) is 10.9. The molecule has 0 fully saturated rings. The minimum Gasteiger partial charge on any atom is -0.465 e. The normalized spacial score (nSPS) is 13.3. The summed E-state index contributed by atoms with van der Waals surface area (Å²) in [6, 6.07) is 21.3. The predicted octanol–water partition coefficient (Wildman–Crippen LogP) is 3.93. The molecule has 2 N–H and O–H groups in total. The minimum atomic E-state index is -2.74. The molecule has 6 heteroatoms. The van der Waals surface area contributed by atoms with Crippen molar-refractivity contribution in [1.82, 2.24) is 10.2 Å². The van der Waals surface area contributed by atoms with Crippen LogP contribution in [0.1, 0.15) is 41.0 Å². The molecule has 0 saturated carbocycles. The van der Waals surface area contributed by atoms with Crippen molar-refractivity contribution in [2.75, 3.05) is 20.1 Å². The third-order valence-electron chi connectivity index (χ3n) is 5.58. The van der Waals surface area contributed by atoms with Gasteiger partial charge in [-0.15, -0.1) is 0 Å². The molecule has 1 amide bonds. The molecule has 2 rings (SSSR count). The van der Waals surface area contributed by atoms with Crippen molar-refractivity contribution < 1.29 is 14.3 Å². The number of likely N-dealkylation sites (N-methyl/N-ethyl adjacent to an activating group) is 1. The zero-order valence-electron chi connectivity index (χ0n) is 19.8. The molecule has 0 unspecified atom stereocenters. The number of carboxylic acid groups (broad SMARTS) is 1. The second-order valence-electron chi connectivity index (χ2n) is 9.46. The molecule has 5 nitrogen and oxygen atoms in total. The van der Waals surface area contributed by atoms with Gasteiger partial charge in [0.25, 0.3) is 8.32 Å². The van der Waals surface area contributed by atoms with Gasteiger partial charge in [-0.25, -0.2) is 4.79 Å². The largest absolute Gasteiger partial charge is 0.465 e. The van der Waals surface area contributed by atoms with E-state index in [1.807, 2.05) is 12.1 Å². The third kappa shape index (κ3) is 6.42. The first-order chi connectivity index (χ1) is 14.6. The minimum absolute atomic E-state index is 0.152. The molecule has 0 saturated heterocycles. The number of nitrogens with zero attached hydrogens (tertiary/aromatic N) is 1. The maximum Gasteiger partial charge on any atom is 0.407 e. The number of hydrogen-bond donors (Lipinski definition) is 2. The number of hydrogen-bond acceptors (Lipinski definition) is 3. The topological polar surface area (TPSA) is 61.8 Å². The molecule has 0 heterocycles. The lowest BCUT2D eigenvalue weighted by atomic mass is 10.2. The molecule has 170 valence electrons. The van der Waals surface area contributed by atoms with Gasteiger partial charge in [0, 0.05) is 19.6 Å². The molecular formula is C25H38N2O3Si. The highest BCUT2D eigenvalue weighted by molar-refractivity contribution is 6.99. The number of carbonyl (C=O) groups is 1. The van der Waals surface area contributed by atoms with Gasteiger partial charge in [-0.05, 0) is 28.4 Å². The first kappa shape index (κ1) is 25.1. The van der Waals surface area contributed by atoms with Gasteiger partial charge in [0.05, 0.1) is 6.10 Å². The van der Waals surface area contributed by atoms with E-state index in [9.17, 15) is 9.90 Å². The van der Waals surface area contributed by atoms with E-state index in [0.29, 0.717) is 12.6 Å². The molecule has 0 aliphatic carbocycles. The van der Waals surface area contributed by atoms with E-state index in [1.165, 1.54) is 15.3 Å². The number of rotatable bonds is 10. The Morgan fingerprint density at radius 2 is 1.52 bits per heavy atom. The maximum absolute atomic E-state index is 11.6. The molecule has 0 aromatic heterocycles. The van der Waals surface area contributed by atoms with E-state index >= 15 is 0 Å². The maximum atomic E-state index is 11.6. The first-order valence-electron chi connectivity index (χ1n) is 11.0. The Hall–Kier alpha value is -2.15. The molecule has 2 aromatic carbocycles. The Bertz CT molecular complexity index is 767. The fourth-order valence-corrected chi connectivity index (χ4v) is 8.75. The van der Waals surface area contributed by atoms with Crippen molar-refractivity contribution in [3.63, 3.8) is 0 Å². The van der Waals surface area contributed by atoms with Crippen LogP contribution in [0.5, 0.6) is 0 Å². The van der Waals surface area contributed by atoms with Crippen molar-refractivity contribution in [2.45, 2.75) is 58.2 Å². The summed E-state index contributed by atoms with van der Waals surface area (Å²) in [5, 5.41) is 15.2. The van der Waals surface area contributed by atoms with Gasteiger partial charge in [-0.1, -0.05) is 95.3 Å². The SMILES string of the molecule is CC(C)NCC[C@@H](CN(C)C(=O)O)O[Si](c1ccccc1)(c1ccccc1)C(C)(C)C. The Kier molecular flexibility index (Phi) is 8.86. The molecule has 31 heavy (non-hydrogen) atoms. The molecule has 0 aliphatic rings. The molecule has 0 spiro atoms. The predicted molar refractivity (Wildman–Crippen MR) is 131 cm³/mol. The van der Waals surface area contributed by atoms with Gasteiger partial charge >= 0.3 is 6.09 Å². The van der Waals surface area contributed by atoms with Crippen LogP contribution < -0.4 is 15.7 Å². The monoisotopic (exact) mass is 442 g/mol. The van der Waals surface area contributed by atoms with Crippen molar-refractivity contribution in [3.05, 3.63) is 60.7 Å². The third-order valence-corrected chi connectivity index (χ3v) is 10.7. The van der Waals surface area contributed by atoms with Crippen LogP contribution in [0.15, 0.2) is 60.7 Å². The highest BCUT2D eigenvalue weighted by Gasteiger charge is 2.51. The summed E-state index contributed by atoms with van der Waals surface area (Å²) in [7, 11) is -1.13. The lowest BCUT2D eigenvalue weighted by Crippen LogP contribution is -2.68. The smallest absolute Gasteiger partial charge is 0.407 e. The summed E-state index contributed by atoms with van der Waals surface area (Å²) in [4.78, 5) is 12.9. The van der Waals surface area contributed by atoms with Crippen LogP contribution >= 0.6 is 0 Å². The Balaban J connectivity index is 2.55. The highest BCUT2D eigenvalue weighted by atomic mass is 28.4. The van der Waals surface area contributed by atoms with Crippen LogP contribution in [0.25, 0.3) is 0 Å². The van der Waals surface area contributed by atoms with E-state index in [1.54, 1.807) is 7.05 Å². The van der Waals surface area contributed by atoms with Crippen LogP contribution in [0, 0.1) is 0 Å². The first-order valence-corrected chi connectivity index (χ1v) is 12.9. The Morgan fingerprint density at radius 3 is 1.90 bits per heavy atom. The van der Waals surface area contributed by atoms with E-state index in [4.69, 9.17) is 4.43 Å². The summed E-state index contributed by atoms with van der Waals surface area (Å²) in [5.41, 5.74) is 0. The van der Waals surface area contributed by atoms with E-state index in [0.717, 1.165) is 13.0 Å². The fraction of sp³-hybridized carbons (Fsp3) is 0.480. The van der Waals surface area contributed by atoms with Crippen LogP contribution in [-0.4, -0.2) is 56.7 Å². The van der Waals surface area contributed by atoms with Gasteiger partial charge in [-0.2, -0.15) is 0 Å². The Labute approximate surface area is 188 Å². The lowest BCUT2D eigenvalue weighted by molar-refractivity contribution is 0.110. The van der Waals surface area contributed by atoms with Gasteiger partial charge in [-0.3, -0.25) is 0 Å². The van der Waals surface area contributed by atoms with Gasteiger partial charge in [0.15, 0.2) is 0 Å². The molecule has 2 aromatic rings. The van der Waals surface area contributed by atoms with Crippen LogP contribution in [-0.2, 0) is 4.43 Å². The van der Waals surface area contributed by atoms with Crippen LogP contribution in [0.3, 0.4) is 0 Å². The zero-order chi connectivity index (χ0) is 23.1. The summed E-state index contributed by atoms with van der Waals surface area (Å²) in [5.74, 6) is 0. The average molecular weight is 443 g/mol. The quantitative estimate of drug-likeness (QED) is 0.547. The summed E-state index contributed by atoms with van der Waals surface area (Å²) in [6.07, 6.45) is -0.424.